The Balaban J connectivity index is 1.50. The van der Waals surface area contributed by atoms with Crippen LogP contribution in [-0.4, -0.2) is 17.7 Å². The first-order chi connectivity index (χ1) is 29.3. The number of nitrogens with zero attached hydrogens (tertiary/aromatic N) is 1. The van der Waals surface area contributed by atoms with Gasteiger partial charge in [0, 0.05) is 34.7 Å². The van der Waals surface area contributed by atoms with Crippen LogP contribution in [0.5, 0.6) is 0 Å². The molecular formula is C59H83BN2O. The molecule has 2 aromatic rings. The molecule has 0 fully saturated rings. The van der Waals surface area contributed by atoms with E-state index in [2.05, 4.69) is 189 Å². The molecule has 1 aromatic heterocycles. The summed E-state index contributed by atoms with van der Waals surface area (Å²) in [6.07, 6.45) is 26.3. The zero-order chi connectivity index (χ0) is 46.2. The summed E-state index contributed by atoms with van der Waals surface area (Å²) in [4.78, 5) is 2.52. The van der Waals surface area contributed by atoms with Crippen LogP contribution in [0, 0.1) is 23.2 Å². The van der Waals surface area contributed by atoms with Crippen LogP contribution in [0.2, 0.25) is 0 Å². The molecule has 4 heteroatoms. The molecule has 63 heavy (non-hydrogen) atoms. The summed E-state index contributed by atoms with van der Waals surface area (Å²) in [7, 11) is 0. The van der Waals surface area contributed by atoms with Crippen molar-refractivity contribution in [1.29, 1.82) is 0 Å². The molecule has 1 N–H and O–H groups in total. The summed E-state index contributed by atoms with van der Waals surface area (Å²) in [5.41, 5.74) is 17.7. The van der Waals surface area contributed by atoms with Crippen molar-refractivity contribution in [1.82, 2.24) is 4.90 Å². The minimum Gasteiger partial charge on any atom is -0.469 e. The number of nitrogens with one attached hydrogen (secondary N) is 1. The highest BCUT2D eigenvalue weighted by Crippen LogP contribution is 2.51. The first-order valence-corrected chi connectivity index (χ1v) is 24.7. The van der Waals surface area contributed by atoms with Gasteiger partial charge in [-0.25, -0.2) is 0 Å². The predicted octanol–water partition coefficient (Wildman–Crippen LogP) is 16.0. The summed E-state index contributed by atoms with van der Waals surface area (Å²) in [5.74, 6) is 4.33. The van der Waals surface area contributed by atoms with Gasteiger partial charge in [-0.15, -0.1) is 0 Å². The second kappa shape index (κ2) is 16.5. The lowest BCUT2D eigenvalue weighted by molar-refractivity contribution is 0.273. The van der Waals surface area contributed by atoms with E-state index in [0.717, 1.165) is 44.9 Å². The largest absolute Gasteiger partial charge is 0.469 e. The molecule has 2 atom stereocenters. The topological polar surface area (TPSA) is 28.4 Å². The van der Waals surface area contributed by atoms with Crippen molar-refractivity contribution in [3.8, 4) is 0 Å². The Hall–Kier alpha value is -3.92. The fourth-order valence-corrected chi connectivity index (χ4v) is 11.8. The van der Waals surface area contributed by atoms with Crippen molar-refractivity contribution in [3.05, 3.63) is 141 Å². The van der Waals surface area contributed by atoms with Gasteiger partial charge in [-0.1, -0.05) is 141 Å². The quantitative estimate of drug-likeness (QED) is 0.180. The molecule has 0 bridgehead atoms. The molecule has 338 valence electrons. The Bertz CT molecular complexity index is 2350. The maximum atomic E-state index is 6.83. The lowest BCUT2D eigenvalue weighted by Crippen LogP contribution is -2.48. The minimum absolute atomic E-state index is 0.00647. The average molecular weight is 847 g/mol. The smallest absolute Gasteiger partial charge is 0.241 e. The highest BCUT2D eigenvalue weighted by Gasteiger charge is 2.47. The third-order valence-electron chi connectivity index (χ3n) is 17.0. The Morgan fingerprint density at radius 2 is 1.56 bits per heavy atom. The van der Waals surface area contributed by atoms with Crippen LogP contribution in [-0.2, 0) is 16.2 Å². The average Bonchev–Trinajstić information content (AvgIpc) is 3.69. The Labute approximate surface area is 385 Å². The number of benzene rings is 1. The monoisotopic (exact) mass is 847 g/mol. The number of hydrogen-bond donors (Lipinski definition) is 1. The number of rotatable bonds is 11. The first-order valence-electron chi connectivity index (χ1n) is 24.7. The number of furan rings is 1. The Kier molecular flexibility index (Phi) is 12.3. The van der Waals surface area contributed by atoms with E-state index < -0.39 is 0 Å². The molecule has 4 aliphatic carbocycles. The third-order valence-corrected chi connectivity index (χ3v) is 17.0. The van der Waals surface area contributed by atoms with Gasteiger partial charge in [0.2, 0.25) is 6.71 Å². The maximum Gasteiger partial charge on any atom is 0.241 e. The number of allylic oxidation sites excluding steroid dienone is 8. The maximum absolute atomic E-state index is 6.83. The van der Waals surface area contributed by atoms with E-state index in [1.54, 1.807) is 0 Å². The van der Waals surface area contributed by atoms with Gasteiger partial charge in [0.05, 0.1) is 6.26 Å². The second-order valence-corrected chi connectivity index (χ2v) is 24.2. The molecule has 0 radical (unpaired) electrons. The van der Waals surface area contributed by atoms with Gasteiger partial charge in [-0.05, 0) is 177 Å². The van der Waals surface area contributed by atoms with Crippen LogP contribution >= 0.6 is 0 Å². The van der Waals surface area contributed by atoms with Crippen molar-refractivity contribution in [2.45, 2.75) is 197 Å². The van der Waals surface area contributed by atoms with Crippen molar-refractivity contribution < 1.29 is 4.42 Å². The van der Waals surface area contributed by atoms with E-state index in [4.69, 9.17) is 11.0 Å². The molecule has 5 aliphatic rings. The lowest BCUT2D eigenvalue weighted by atomic mass is 9.35. The molecule has 2 heterocycles. The zero-order valence-electron chi connectivity index (χ0n) is 42.6. The van der Waals surface area contributed by atoms with Gasteiger partial charge in [-0.3, -0.25) is 0 Å². The van der Waals surface area contributed by atoms with E-state index in [0.29, 0.717) is 5.92 Å². The Morgan fingerprint density at radius 1 is 0.905 bits per heavy atom. The summed E-state index contributed by atoms with van der Waals surface area (Å²) in [6.45, 7) is 47.3. The van der Waals surface area contributed by atoms with Gasteiger partial charge >= 0.3 is 0 Å². The van der Waals surface area contributed by atoms with E-state index >= 15 is 0 Å². The van der Waals surface area contributed by atoms with Crippen LogP contribution in [0.15, 0.2) is 118 Å². The standard InChI is InChI=1S/C59H83BN2O/c1-19-41(40(6)54(7,8)21-3)34-42-36-60(47-37-63-53-51(47)58(15,16)30-31-59(53,17)18)52-48(61-49-35-46-43(33-39(49)5)38(4)25-27-55(46,9)10)23-22-24-50(52)62(42)32-26-45-44(20-2)56(11,12)28-29-57(45,13)14/h20,22,24,26,32-38,48,61H,2,6,19,21,23,25,27-31H2,1,3-5,7-18H3/b32-26+,41-34-. The predicted molar refractivity (Wildman–Crippen MR) is 274 cm³/mol. The van der Waals surface area contributed by atoms with E-state index in [1.165, 1.54) is 91.2 Å². The van der Waals surface area contributed by atoms with Crippen molar-refractivity contribution in [3.63, 3.8) is 0 Å². The summed E-state index contributed by atoms with van der Waals surface area (Å²) in [6, 6.07) is 5.10. The van der Waals surface area contributed by atoms with Gasteiger partial charge in [-0.2, -0.15) is 0 Å². The SMILES string of the molecule is C=CC1=C(/C=C/N2C(/C=C(/CC)C(=C)C(C)(C)CC)=CB(c3coc4c3C(C)(C)CCC4(C)C)C3=C2C=CCC3Nc2cc3c(cc2C)C(C)CCC3(C)C)C(C)(C)CCC1(C)C. The van der Waals surface area contributed by atoms with Gasteiger partial charge in [0.1, 0.15) is 5.76 Å². The van der Waals surface area contributed by atoms with E-state index in [9.17, 15) is 0 Å². The third kappa shape index (κ3) is 8.45. The van der Waals surface area contributed by atoms with E-state index in [-0.39, 0.29) is 45.2 Å². The highest BCUT2D eigenvalue weighted by molar-refractivity contribution is 6.85. The molecule has 2 unspecified atom stereocenters. The molecule has 1 aromatic carbocycles. The van der Waals surface area contributed by atoms with Crippen molar-refractivity contribution in [2.75, 3.05) is 5.32 Å². The van der Waals surface area contributed by atoms with Crippen molar-refractivity contribution >= 4 is 17.9 Å². The highest BCUT2D eigenvalue weighted by atomic mass is 16.3. The van der Waals surface area contributed by atoms with Crippen LogP contribution in [0.3, 0.4) is 0 Å². The molecule has 0 saturated heterocycles. The van der Waals surface area contributed by atoms with Crippen LogP contribution in [0.25, 0.3) is 0 Å². The number of fused-ring (bicyclic) bond motifs is 2. The van der Waals surface area contributed by atoms with Crippen LogP contribution in [0.4, 0.5) is 5.69 Å². The fourth-order valence-electron chi connectivity index (χ4n) is 11.8. The number of hydrogen-bond acceptors (Lipinski definition) is 3. The number of anilines is 1. The van der Waals surface area contributed by atoms with Crippen LogP contribution in [0.1, 0.15) is 196 Å². The fraction of sp³-hybridized carbons (Fsp3) is 0.559. The van der Waals surface area contributed by atoms with Gasteiger partial charge in [0.25, 0.3) is 0 Å². The van der Waals surface area contributed by atoms with Gasteiger partial charge < -0.3 is 14.6 Å². The molecular weight excluding hydrogens is 763 g/mol. The molecule has 1 aliphatic heterocycles. The molecule has 7 rings (SSSR count). The molecule has 0 spiro atoms. The summed E-state index contributed by atoms with van der Waals surface area (Å²) in [5, 5.41) is 4.27. The second-order valence-electron chi connectivity index (χ2n) is 24.2. The number of aryl methyl sites for hydroxylation is 1. The first kappa shape index (κ1) is 47.1. The van der Waals surface area contributed by atoms with Crippen LogP contribution < -0.4 is 10.8 Å². The summed E-state index contributed by atoms with van der Waals surface area (Å²) < 4.78 is 6.83. The molecule has 0 amide bonds. The van der Waals surface area contributed by atoms with E-state index in [1.807, 2.05) is 0 Å². The normalized spacial score (nSPS) is 24.8. The summed E-state index contributed by atoms with van der Waals surface area (Å²) >= 11 is 0. The molecule has 0 saturated carbocycles. The molecule has 3 nitrogen and oxygen atoms in total. The Morgan fingerprint density at radius 3 is 2.21 bits per heavy atom. The minimum atomic E-state index is -0.0273. The van der Waals surface area contributed by atoms with Gasteiger partial charge in [0.15, 0.2) is 0 Å². The zero-order valence-corrected chi connectivity index (χ0v) is 42.6. The van der Waals surface area contributed by atoms with Crippen molar-refractivity contribution in [2.24, 2.45) is 16.2 Å². The lowest BCUT2D eigenvalue weighted by Gasteiger charge is -2.43.